The van der Waals surface area contributed by atoms with Crippen LogP contribution in [0.1, 0.15) is 50.3 Å². The molecular formula is C16H24N4. The van der Waals surface area contributed by atoms with Crippen LogP contribution in [0.15, 0.2) is 18.5 Å². The van der Waals surface area contributed by atoms with Crippen molar-refractivity contribution in [1.29, 1.82) is 0 Å². The topological polar surface area (TPSA) is 42.2 Å². The van der Waals surface area contributed by atoms with Gasteiger partial charge in [0.25, 0.3) is 0 Å². The van der Waals surface area contributed by atoms with Crippen molar-refractivity contribution in [2.24, 2.45) is 5.92 Å². The van der Waals surface area contributed by atoms with Crippen molar-refractivity contribution in [2.75, 3.05) is 0 Å². The predicted molar refractivity (Wildman–Crippen MR) is 80.6 cm³/mol. The zero-order valence-electron chi connectivity index (χ0n) is 12.5. The highest BCUT2D eigenvalue weighted by Crippen LogP contribution is 2.26. The fourth-order valence-corrected chi connectivity index (χ4v) is 3.20. The molecule has 108 valence electrons. The number of hydrogen-bond donors (Lipinski definition) is 1. The third kappa shape index (κ3) is 3.01. The summed E-state index contributed by atoms with van der Waals surface area (Å²) < 4.78 is 1.87. The molecule has 0 bridgehead atoms. The van der Waals surface area contributed by atoms with E-state index in [1.165, 1.54) is 37.7 Å². The maximum Gasteiger partial charge on any atom is 0.155 e. The normalized spacial score (nSPS) is 18.5. The van der Waals surface area contributed by atoms with Gasteiger partial charge in [-0.15, -0.1) is 0 Å². The summed E-state index contributed by atoms with van der Waals surface area (Å²) in [6.45, 7) is 5.19. The van der Waals surface area contributed by atoms with Gasteiger partial charge < -0.3 is 5.32 Å². The van der Waals surface area contributed by atoms with Gasteiger partial charge in [0.1, 0.15) is 0 Å². The number of nitrogens with zero attached hydrogens (tertiary/aromatic N) is 3. The Hall–Kier alpha value is -1.42. The van der Waals surface area contributed by atoms with Gasteiger partial charge in [-0.25, -0.2) is 9.50 Å². The first-order chi connectivity index (χ1) is 9.72. The van der Waals surface area contributed by atoms with Crippen LogP contribution in [0.5, 0.6) is 0 Å². The Morgan fingerprint density at radius 2 is 2.15 bits per heavy atom. The predicted octanol–water partition coefficient (Wildman–Crippen LogP) is 3.10. The van der Waals surface area contributed by atoms with Crippen LogP contribution in [0, 0.1) is 12.8 Å². The van der Waals surface area contributed by atoms with E-state index in [1.807, 2.05) is 23.7 Å². The maximum atomic E-state index is 4.45. The molecule has 4 heteroatoms. The molecule has 2 aromatic heterocycles. The molecule has 4 nitrogen and oxygen atoms in total. The molecule has 0 aliphatic heterocycles. The molecule has 0 aromatic carbocycles. The van der Waals surface area contributed by atoms with Crippen molar-refractivity contribution in [2.45, 2.75) is 58.5 Å². The zero-order valence-corrected chi connectivity index (χ0v) is 12.5. The molecule has 20 heavy (non-hydrogen) atoms. The molecule has 1 N–H and O–H groups in total. The van der Waals surface area contributed by atoms with Crippen LogP contribution < -0.4 is 5.32 Å². The number of aromatic nitrogens is 3. The summed E-state index contributed by atoms with van der Waals surface area (Å²) in [6, 6.07) is 2.59. The van der Waals surface area contributed by atoms with Crippen LogP contribution in [-0.4, -0.2) is 20.6 Å². The van der Waals surface area contributed by atoms with E-state index < -0.39 is 0 Å². The van der Waals surface area contributed by atoms with E-state index in [0.29, 0.717) is 6.04 Å². The summed E-state index contributed by atoms with van der Waals surface area (Å²) in [7, 11) is 0. The Labute approximate surface area is 120 Å². The Morgan fingerprint density at radius 3 is 2.95 bits per heavy atom. The number of fused-ring (bicyclic) bond motifs is 1. The van der Waals surface area contributed by atoms with Crippen molar-refractivity contribution >= 4 is 5.65 Å². The van der Waals surface area contributed by atoms with Gasteiger partial charge in [0.05, 0.1) is 5.69 Å². The fourth-order valence-electron chi connectivity index (χ4n) is 3.20. The molecular weight excluding hydrogens is 248 g/mol. The first-order valence-corrected chi connectivity index (χ1v) is 7.76. The number of aryl methyl sites for hydroxylation is 1. The summed E-state index contributed by atoms with van der Waals surface area (Å²) in [5.41, 5.74) is 3.13. The van der Waals surface area contributed by atoms with E-state index >= 15 is 0 Å². The summed E-state index contributed by atoms with van der Waals surface area (Å²) in [5, 5.41) is 8.08. The minimum Gasteiger partial charge on any atom is -0.310 e. The second kappa shape index (κ2) is 5.92. The zero-order chi connectivity index (χ0) is 13.9. The fraction of sp³-hybridized carbons (Fsp3) is 0.625. The molecule has 1 aliphatic carbocycles. The lowest BCUT2D eigenvalue weighted by molar-refractivity contribution is 0.280. The second-order valence-corrected chi connectivity index (χ2v) is 6.12. The number of rotatable bonds is 4. The Balaban J connectivity index is 1.61. The molecule has 1 fully saturated rings. The number of nitrogens with one attached hydrogen (secondary N) is 1. The van der Waals surface area contributed by atoms with Crippen LogP contribution in [0.4, 0.5) is 0 Å². The van der Waals surface area contributed by atoms with Crippen LogP contribution in [-0.2, 0) is 6.54 Å². The minimum absolute atomic E-state index is 0.588. The van der Waals surface area contributed by atoms with Gasteiger partial charge in [0, 0.05) is 36.6 Å². The van der Waals surface area contributed by atoms with Gasteiger partial charge >= 0.3 is 0 Å². The van der Waals surface area contributed by atoms with Gasteiger partial charge in [-0.2, -0.15) is 5.10 Å². The first-order valence-electron chi connectivity index (χ1n) is 7.76. The van der Waals surface area contributed by atoms with Crippen molar-refractivity contribution in [3.05, 3.63) is 29.7 Å². The average Bonchev–Trinajstić information content (AvgIpc) is 2.85. The van der Waals surface area contributed by atoms with E-state index in [1.54, 1.807) is 0 Å². The smallest absolute Gasteiger partial charge is 0.155 e. The molecule has 0 spiro atoms. The summed E-state index contributed by atoms with van der Waals surface area (Å²) in [6.07, 6.45) is 11.0. The molecule has 1 aliphatic rings. The molecule has 0 unspecified atom stereocenters. The lowest BCUT2D eigenvalue weighted by Gasteiger charge is -2.28. The molecule has 1 atom stereocenters. The summed E-state index contributed by atoms with van der Waals surface area (Å²) >= 11 is 0. The summed E-state index contributed by atoms with van der Waals surface area (Å²) in [5.74, 6) is 0.840. The van der Waals surface area contributed by atoms with E-state index in [2.05, 4.69) is 28.5 Å². The van der Waals surface area contributed by atoms with Crippen LogP contribution in [0.2, 0.25) is 0 Å². The minimum atomic E-state index is 0.588. The Morgan fingerprint density at radius 1 is 1.35 bits per heavy atom. The summed E-state index contributed by atoms with van der Waals surface area (Å²) in [4.78, 5) is 4.45. The standard InChI is InChI=1S/C16H24N4/c1-12-8-16-18-10-14(11-20(16)19-12)9-17-13(2)15-6-4-3-5-7-15/h8,10-11,13,15,17H,3-7,9H2,1-2H3/t13-/m1/s1. The quantitative estimate of drug-likeness (QED) is 0.930. The highest BCUT2D eigenvalue weighted by Gasteiger charge is 2.19. The van der Waals surface area contributed by atoms with Gasteiger partial charge in [-0.05, 0) is 32.6 Å². The Kier molecular flexibility index (Phi) is 4.01. The van der Waals surface area contributed by atoms with Gasteiger partial charge in [0.15, 0.2) is 5.65 Å². The Bertz CT molecular complexity index is 569. The SMILES string of the molecule is Cc1cc2ncc(CN[C@H](C)C3CCCCC3)cn2n1. The molecule has 1 saturated carbocycles. The van der Waals surface area contributed by atoms with Crippen molar-refractivity contribution in [1.82, 2.24) is 19.9 Å². The number of hydrogen-bond acceptors (Lipinski definition) is 3. The van der Waals surface area contributed by atoms with E-state index in [9.17, 15) is 0 Å². The average molecular weight is 272 g/mol. The van der Waals surface area contributed by atoms with E-state index in [4.69, 9.17) is 0 Å². The first kappa shape index (κ1) is 13.6. The second-order valence-electron chi connectivity index (χ2n) is 6.12. The van der Waals surface area contributed by atoms with Crippen molar-refractivity contribution in [3.8, 4) is 0 Å². The van der Waals surface area contributed by atoms with Gasteiger partial charge in [-0.1, -0.05) is 19.3 Å². The van der Waals surface area contributed by atoms with Crippen LogP contribution in [0.3, 0.4) is 0 Å². The molecule has 2 aromatic rings. The monoisotopic (exact) mass is 272 g/mol. The molecule has 0 radical (unpaired) electrons. The molecule has 0 amide bonds. The van der Waals surface area contributed by atoms with Gasteiger partial charge in [0.2, 0.25) is 0 Å². The van der Waals surface area contributed by atoms with E-state index in [0.717, 1.165) is 23.8 Å². The third-order valence-electron chi connectivity index (χ3n) is 4.47. The lowest BCUT2D eigenvalue weighted by atomic mass is 9.84. The van der Waals surface area contributed by atoms with Crippen LogP contribution >= 0.6 is 0 Å². The highest BCUT2D eigenvalue weighted by atomic mass is 15.2. The largest absolute Gasteiger partial charge is 0.310 e. The lowest BCUT2D eigenvalue weighted by Crippen LogP contribution is -2.34. The third-order valence-corrected chi connectivity index (χ3v) is 4.47. The molecule has 3 rings (SSSR count). The highest BCUT2D eigenvalue weighted by molar-refractivity contribution is 5.38. The van der Waals surface area contributed by atoms with Crippen molar-refractivity contribution in [3.63, 3.8) is 0 Å². The van der Waals surface area contributed by atoms with Gasteiger partial charge in [-0.3, -0.25) is 0 Å². The van der Waals surface area contributed by atoms with Crippen molar-refractivity contribution < 1.29 is 0 Å². The molecule has 0 saturated heterocycles. The molecule has 2 heterocycles. The van der Waals surface area contributed by atoms with E-state index in [-0.39, 0.29) is 0 Å². The van der Waals surface area contributed by atoms with Crippen LogP contribution in [0.25, 0.3) is 5.65 Å². The maximum absolute atomic E-state index is 4.45.